The van der Waals surface area contributed by atoms with E-state index >= 15 is 0 Å². The summed E-state index contributed by atoms with van der Waals surface area (Å²) in [6.45, 7) is 4.87. The molecular weight excluding hydrogens is 559 g/mol. The van der Waals surface area contributed by atoms with Gasteiger partial charge in [0.2, 0.25) is 17.7 Å². The van der Waals surface area contributed by atoms with Crippen LogP contribution in [-0.2, 0) is 25.4 Å². The van der Waals surface area contributed by atoms with E-state index in [0.29, 0.717) is 10.3 Å². The Morgan fingerprint density at radius 1 is 0.976 bits per heavy atom. The minimum Gasteiger partial charge on any atom is -0.346 e. The maximum Gasteiger partial charge on any atom is 0.416 e. The molecule has 0 unspecified atom stereocenters. The molecule has 2 aromatic carbocycles. The van der Waals surface area contributed by atoms with Gasteiger partial charge in [-0.2, -0.15) is 13.2 Å². The molecule has 216 valence electrons. The molecule has 4 atom stereocenters. The zero-order valence-electron chi connectivity index (χ0n) is 22.4. The summed E-state index contributed by atoms with van der Waals surface area (Å²) in [5, 5.41) is 7.87. The zero-order chi connectivity index (χ0) is 30.1. The molecule has 4 amide bonds. The number of amides is 4. The lowest BCUT2D eigenvalue weighted by atomic mass is 9.85. The van der Waals surface area contributed by atoms with Crippen molar-refractivity contribution in [2.75, 3.05) is 0 Å². The third-order valence-corrected chi connectivity index (χ3v) is 8.12. The van der Waals surface area contributed by atoms with Crippen molar-refractivity contribution in [2.24, 2.45) is 17.8 Å². The first-order valence-electron chi connectivity index (χ1n) is 12.9. The van der Waals surface area contributed by atoms with Gasteiger partial charge >= 0.3 is 6.18 Å². The van der Waals surface area contributed by atoms with Crippen LogP contribution in [0.15, 0.2) is 54.6 Å². The molecule has 4 rings (SSSR count). The minimum absolute atomic E-state index is 0.168. The first-order chi connectivity index (χ1) is 19.3. The van der Waals surface area contributed by atoms with Crippen molar-refractivity contribution in [3.05, 3.63) is 70.6 Å². The fourth-order valence-electron chi connectivity index (χ4n) is 4.74. The monoisotopic (exact) mass is 587 g/mol. The molecule has 8 nitrogen and oxygen atoms in total. The van der Waals surface area contributed by atoms with Gasteiger partial charge in [-0.15, -0.1) is 11.3 Å². The molecule has 0 radical (unpaired) electrons. The molecule has 1 aliphatic rings. The largest absolute Gasteiger partial charge is 0.416 e. The Morgan fingerprint density at radius 2 is 1.66 bits per heavy atom. The van der Waals surface area contributed by atoms with E-state index in [1.54, 1.807) is 44.2 Å². The van der Waals surface area contributed by atoms with Crippen LogP contribution in [0.5, 0.6) is 0 Å². The number of fused-ring (bicyclic) bond motifs is 1. The number of halogens is 3. The lowest BCUT2D eigenvalue weighted by molar-refractivity contribution is -0.138. The number of alkyl halides is 3. The second-order valence-corrected chi connectivity index (χ2v) is 11.4. The van der Waals surface area contributed by atoms with Crippen LogP contribution in [0.1, 0.15) is 54.0 Å². The van der Waals surface area contributed by atoms with Crippen molar-refractivity contribution in [1.29, 1.82) is 0 Å². The summed E-state index contributed by atoms with van der Waals surface area (Å²) in [5.74, 6) is -5.45. The minimum atomic E-state index is -4.52. The zero-order valence-corrected chi connectivity index (χ0v) is 23.2. The summed E-state index contributed by atoms with van der Waals surface area (Å²) in [6.07, 6.45) is -4.78. The van der Waals surface area contributed by atoms with E-state index in [1.165, 1.54) is 19.1 Å². The van der Waals surface area contributed by atoms with E-state index in [0.717, 1.165) is 23.5 Å². The van der Waals surface area contributed by atoms with Gasteiger partial charge in [0.25, 0.3) is 5.91 Å². The first kappa shape index (κ1) is 29.9. The number of benzene rings is 2. The summed E-state index contributed by atoms with van der Waals surface area (Å²) < 4.78 is 39.9. The number of carbonyl (C=O) groups is 5. The number of hydrogen-bond donors (Lipinski definition) is 3. The van der Waals surface area contributed by atoms with Gasteiger partial charge in [0.15, 0.2) is 5.78 Å². The van der Waals surface area contributed by atoms with Crippen LogP contribution in [0.3, 0.4) is 0 Å². The summed E-state index contributed by atoms with van der Waals surface area (Å²) in [7, 11) is 0. The highest BCUT2D eigenvalue weighted by molar-refractivity contribution is 7.20. The Morgan fingerprint density at radius 3 is 2.24 bits per heavy atom. The first-order valence-corrected chi connectivity index (χ1v) is 13.7. The predicted octanol–water partition coefficient (Wildman–Crippen LogP) is 4.40. The molecule has 3 aromatic rings. The summed E-state index contributed by atoms with van der Waals surface area (Å²) in [4.78, 5) is 63.9. The molecule has 12 heteroatoms. The molecule has 0 saturated carbocycles. The summed E-state index contributed by atoms with van der Waals surface area (Å²) in [6, 6.07) is 11.4. The fourth-order valence-corrected chi connectivity index (χ4v) is 5.69. The van der Waals surface area contributed by atoms with Gasteiger partial charge in [-0.1, -0.05) is 51.1 Å². The SMILES string of the molecule is CC(C)[C@H](NC(=O)C[C@H](NC(=O)c1cc2cc(C(F)(F)F)ccc2s1)c1ccccc1)C(=O)[C@@H]1C(=O)NC(=O)[C@H]1C. The van der Waals surface area contributed by atoms with Crippen molar-refractivity contribution < 1.29 is 37.1 Å². The number of hydrogen-bond acceptors (Lipinski definition) is 6. The van der Waals surface area contributed by atoms with Gasteiger partial charge in [0.05, 0.1) is 34.9 Å². The van der Waals surface area contributed by atoms with Gasteiger partial charge in [-0.25, -0.2) is 0 Å². The Bertz CT molecular complexity index is 1500. The van der Waals surface area contributed by atoms with Gasteiger partial charge in [-0.3, -0.25) is 29.3 Å². The van der Waals surface area contributed by atoms with Gasteiger partial charge < -0.3 is 10.6 Å². The second kappa shape index (κ2) is 11.8. The number of imide groups is 1. The van der Waals surface area contributed by atoms with Gasteiger partial charge in [0.1, 0.15) is 5.92 Å². The molecule has 1 fully saturated rings. The van der Waals surface area contributed by atoms with E-state index in [4.69, 9.17) is 0 Å². The molecule has 1 aliphatic heterocycles. The Labute approximate surface area is 237 Å². The molecule has 2 heterocycles. The van der Waals surface area contributed by atoms with Crippen LogP contribution in [0.25, 0.3) is 10.1 Å². The van der Waals surface area contributed by atoms with E-state index in [1.807, 2.05) is 0 Å². The second-order valence-electron chi connectivity index (χ2n) is 10.3. The lowest BCUT2D eigenvalue weighted by Gasteiger charge is -2.26. The lowest BCUT2D eigenvalue weighted by Crippen LogP contribution is -2.49. The van der Waals surface area contributed by atoms with E-state index < -0.39 is 71.0 Å². The highest BCUT2D eigenvalue weighted by atomic mass is 32.1. The normalized spacial score (nSPS) is 18.7. The molecule has 1 aromatic heterocycles. The highest BCUT2D eigenvalue weighted by Gasteiger charge is 2.46. The van der Waals surface area contributed by atoms with Crippen molar-refractivity contribution >= 4 is 50.8 Å². The summed E-state index contributed by atoms with van der Waals surface area (Å²) in [5.41, 5.74) is -0.227. The molecule has 1 saturated heterocycles. The van der Waals surface area contributed by atoms with Crippen molar-refractivity contribution in [3.63, 3.8) is 0 Å². The maximum atomic E-state index is 13.2. The molecule has 0 bridgehead atoms. The van der Waals surface area contributed by atoms with Crippen molar-refractivity contribution in [1.82, 2.24) is 16.0 Å². The molecule has 0 spiro atoms. The third-order valence-electron chi connectivity index (χ3n) is 7.00. The number of ketones is 1. The Balaban J connectivity index is 1.53. The van der Waals surface area contributed by atoms with E-state index in [9.17, 15) is 37.1 Å². The Hall–Kier alpha value is -4.06. The van der Waals surface area contributed by atoms with Gasteiger partial charge in [-0.05, 0) is 41.1 Å². The molecular formula is C29H28F3N3O5S. The van der Waals surface area contributed by atoms with Crippen LogP contribution in [-0.4, -0.2) is 35.5 Å². The number of thiophene rings is 1. The van der Waals surface area contributed by atoms with Crippen LogP contribution in [0.4, 0.5) is 13.2 Å². The number of carbonyl (C=O) groups excluding carboxylic acids is 5. The van der Waals surface area contributed by atoms with Crippen molar-refractivity contribution in [2.45, 2.75) is 45.5 Å². The van der Waals surface area contributed by atoms with Crippen LogP contribution in [0.2, 0.25) is 0 Å². The quantitative estimate of drug-likeness (QED) is 0.253. The van der Waals surface area contributed by atoms with Crippen LogP contribution in [0, 0.1) is 17.8 Å². The maximum absolute atomic E-state index is 13.2. The standard InChI is InChI=1S/C29H28F3N3O5S/c1-14(2)24(25(37)23-15(3)26(38)35-28(23)40)34-22(36)13-19(16-7-5-4-6-8-16)33-27(39)21-12-17-11-18(29(30,31)32)9-10-20(17)41-21/h4-12,14-15,19,23-24H,13H2,1-3H3,(H,33,39)(H,34,36)(H,35,38,40)/t15-,19-,23+,24-/m0/s1. The average Bonchev–Trinajstić information content (AvgIpc) is 3.45. The number of rotatable bonds is 9. The van der Waals surface area contributed by atoms with E-state index in [2.05, 4.69) is 16.0 Å². The molecule has 3 N–H and O–H groups in total. The average molecular weight is 588 g/mol. The smallest absolute Gasteiger partial charge is 0.346 e. The predicted molar refractivity (Wildman–Crippen MR) is 146 cm³/mol. The molecule has 41 heavy (non-hydrogen) atoms. The van der Waals surface area contributed by atoms with Gasteiger partial charge in [0, 0.05) is 4.70 Å². The van der Waals surface area contributed by atoms with Crippen molar-refractivity contribution in [3.8, 4) is 0 Å². The number of nitrogens with one attached hydrogen (secondary N) is 3. The van der Waals surface area contributed by atoms with Crippen LogP contribution < -0.4 is 16.0 Å². The highest BCUT2D eigenvalue weighted by Crippen LogP contribution is 2.34. The summed E-state index contributed by atoms with van der Waals surface area (Å²) >= 11 is 1.02. The topological polar surface area (TPSA) is 121 Å². The number of Topliss-reactive ketones (excluding diaryl/α,β-unsaturated/α-hetero) is 1. The Kier molecular flexibility index (Phi) is 8.62. The van der Waals surface area contributed by atoms with E-state index in [-0.39, 0.29) is 16.7 Å². The molecule has 0 aliphatic carbocycles. The van der Waals surface area contributed by atoms with Crippen LogP contribution >= 0.6 is 11.3 Å². The fraction of sp³-hybridized carbons (Fsp3) is 0.345. The third kappa shape index (κ3) is 6.64.